The molecular weight excluding hydrogens is 380 g/mol. The summed E-state index contributed by atoms with van der Waals surface area (Å²) < 4.78 is 20.3. The van der Waals surface area contributed by atoms with Gasteiger partial charge in [-0.3, -0.25) is 0 Å². The molecule has 2 nitrogen and oxygen atoms in total. The molecule has 2 aromatic rings. The fraction of sp³-hybridized carbons (Fsp3) is 0.235. The Bertz CT molecular complexity index is 708. The number of nitriles is 1. The maximum Gasteiger partial charge on any atom is 0.123 e. The van der Waals surface area contributed by atoms with Crippen molar-refractivity contribution in [3.8, 4) is 6.07 Å². The van der Waals surface area contributed by atoms with Crippen LogP contribution in [-0.4, -0.2) is 4.43 Å². The summed E-state index contributed by atoms with van der Waals surface area (Å²) in [7, 11) is 0. The number of hydrogen-bond acceptors (Lipinski definition) is 2. The summed E-state index contributed by atoms with van der Waals surface area (Å²) in [6.45, 7) is 0.485. The number of alkyl halides is 1. The van der Waals surface area contributed by atoms with E-state index in [1.165, 1.54) is 12.1 Å². The van der Waals surface area contributed by atoms with Gasteiger partial charge in [0, 0.05) is 4.43 Å². The number of hydrogen-bond donors (Lipinski definition) is 0. The Labute approximate surface area is 136 Å². The number of rotatable bonds is 3. The van der Waals surface area contributed by atoms with Gasteiger partial charge in [0.15, 0.2) is 0 Å². The van der Waals surface area contributed by atoms with Crippen LogP contribution >= 0.6 is 22.6 Å². The van der Waals surface area contributed by atoms with Gasteiger partial charge in [-0.25, -0.2) is 4.39 Å². The highest BCUT2D eigenvalue weighted by atomic mass is 127. The van der Waals surface area contributed by atoms with Gasteiger partial charge >= 0.3 is 0 Å². The lowest BCUT2D eigenvalue weighted by atomic mass is 9.83. The molecule has 4 heteroatoms. The maximum absolute atomic E-state index is 13.2. The normalized spacial score (nSPS) is 20.0. The summed E-state index contributed by atoms with van der Waals surface area (Å²) >= 11 is 2.33. The van der Waals surface area contributed by atoms with Gasteiger partial charge < -0.3 is 4.74 Å². The van der Waals surface area contributed by atoms with E-state index in [9.17, 15) is 4.39 Å². The van der Waals surface area contributed by atoms with Crippen LogP contribution in [0.4, 0.5) is 4.39 Å². The molecule has 0 bridgehead atoms. The molecule has 0 aromatic heterocycles. The molecule has 0 aliphatic carbocycles. The largest absolute Gasteiger partial charge is 0.361 e. The summed E-state index contributed by atoms with van der Waals surface area (Å²) in [4.78, 5) is 0. The van der Waals surface area contributed by atoms with Crippen molar-refractivity contribution in [1.82, 2.24) is 0 Å². The minimum Gasteiger partial charge on any atom is -0.361 e. The predicted octanol–water partition coefficient (Wildman–Crippen LogP) is 4.30. The molecule has 1 aliphatic rings. The first-order valence-corrected chi connectivity index (χ1v) is 8.21. The molecular formula is C17H13FINO. The predicted molar refractivity (Wildman–Crippen MR) is 86.6 cm³/mol. The van der Waals surface area contributed by atoms with E-state index in [2.05, 4.69) is 28.7 Å². The van der Waals surface area contributed by atoms with E-state index >= 15 is 0 Å². The van der Waals surface area contributed by atoms with Crippen LogP contribution in [0.15, 0.2) is 42.5 Å². The molecule has 0 radical (unpaired) electrons. The second kappa shape index (κ2) is 5.74. The molecule has 3 rings (SSSR count). The van der Waals surface area contributed by atoms with Crippen molar-refractivity contribution in [2.45, 2.75) is 18.6 Å². The van der Waals surface area contributed by atoms with Crippen LogP contribution in [0.25, 0.3) is 0 Å². The summed E-state index contributed by atoms with van der Waals surface area (Å²) in [6.07, 6.45) is 0.818. The van der Waals surface area contributed by atoms with Gasteiger partial charge in [0.25, 0.3) is 0 Å². The Morgan fingerprint density at radius 3 is 2.67 bits per heavy atom. The first kappa shape index (κ1) is 14.5. The molecule has 1 heterocycles. The average Bonchev–Trinajstić information content (AvgIpc) is 2.87. The van der Waals surface area contributed by atoms with Crippen LogP contribution in [-0.2, 0) is 16.9 Å². The minimum absolute atomic E-state index is 0.249. The number of ether oxygens (including phenoxy) is 1. The Balaban J connectivity index is 2.13. The molecule has 21 heavy (non-hydrogen) atoms. The van der Waals surface area contributed by atoms with Crippen molar-refractivity contribution in [2.24, 2.45) is 0 Å². The quantitative estimate of drug-likeness (QED) is 0.576. The van der Waals surface area contributed by atoms with Crippen molar-refractivity contribution in [3.05, 3.63) is 70.5 Å². The molecule has 1 atom stereocenters. The minimum atomic E-state index is -0.530. The standard InChI is InChI=1S/C17H13FINO/c18-15-4-2-14(3-5-15)17(7-8-19)16-6-1-12(10-20)9-13(16)11-21-17/h1-6,9H,7-8,11H2. The molecule has 1 unspecified atom stereocenters. The van der Waals surface area contributed by atoms with Gasteiger partial charge in [-0.15, -0.1) is 0 Å². The Kier molecular flexibility index (Phi) is 3.96. The first-order chi connectivity index (χ1) is 10.2. The zero-order valence-corrected chi connectivity index (χ0v) is 13.4. The van der Waals surface area contributed by atoms with Gasteiger partial charge in [-0.05, 0) is 47.4 Å². The Morgan fingerprint density at radius 1 is 1.24 bits per heavy atom. The first-order valence-electron chi connectivity index (χ1n) is 6.69. The molecule has 0 saturated carbocycles. The van der Waals surface area contributed by atoms with E-state index in [1.807, 2.05) is 18.2 Å². The molecule has 0 spiro atoms. The van der Waals surface area contributed by atoms with Crippen molar-refractivity contribution in [3.63, 3.8) is 0 Å². The maximum atomic E-state index is 13.2. The molecule has 2 aromatic carbocycles. The second-order valence-electron chi connectivity index (χ2n) is 5.05. The van der Waals surface area contributed by atoms with Crippen LogP contribution in [0.3, 0.4) is 0 Å². The number of nitrogens with zero attached hydrogens (tertiary/aromatic N) is 1. The van der Waals surface area contributed by atoms with Crippen LogP contribution in [0.1, 0.15) is 28.7 Å². The van der Waals surface area contributed by atoms with Gasteiger partial charge in [0.1, 0.15) is 11.4 Å². The van der Waals surface area contributed by atoms with E-state index in [0.717, 1.165) is 27.5 Å². The summed E-state index contributed by atoms with van der Waals surface area (Å²) in [5.41, 5.74) is 3.21. The SMILES string of the molecule is N#Cc1ccc2c(c1)COC2(CCI)c1ccc(F)cc1. The van der Waals surface area contributed by atoms with Crippen LogP contribution in [0, 0.1) is 17.1 Å². The molecule has 1 aliphatic heterocycles. The van der Waals surface area contributed by atoms with Crippen molar-refractivity contribution < 1.29 is 9.13 Å². The fourth-order valence-electron chi connectivity index (χ4n) is 2.90. The third kappa shape index (κ3) is 2.45. The third-order valence-corrected chi connectivity index (χ3v) is 4.44. The lowest BCUT2D eigenvalue weighted by Gasteiger charge is -2.30. The number of fused-ring (bicyclic) bond motifs is 1. The highest BCUT2D eigenvalue weighted by molar-refractivity contribution is 14.1. The third-order valence-electron chi connectivity index (χ3n) is 3.90. The van der Waals surface area contributed by atoms with E-state index < -0.39 is 5.60 Å². The van der Waals surface area contributed by atoms with E-state index in [4.69, 9.17) is 10.00 Å². The van der Waals surface area contributed by atoms with E-state index in [-0.39, 0.29) is 5.82 Å². The van der Waals surface area contributed by atoms with Gasteiger partial charge in [-0.2, -0.15) is 5.26 Å². The highest BCUT2D eigenvalue weighted by Gasteiger charge is 2.41. The summed E-state index contributed by atoms with van der Waals surface area (Å²) in [5, 5.41) is 9.02. The lowest BCUT2D eigenvalue weighted by molar-refractivity contribution is -0.00668. The van der Waals surface area contributed by atoms with Gasteiger partial charge in [0.2, 0.25) is 0 Å². The van der Waals surface area contributed by atoms with Crippen molar-refractivity contribution in [2.75, 3.05) is 4.43 Å². The summed E-state index contributed by atoms with van der Waals surface area (Å²) in [5.74, 6) is -0.249. The second-order valence-corrected chi connectivity index (χ2v) is 6.12. The van der Waals surface area contributed by atoms with E-state index in [0.29, 0.717) is 12.2 Å². The average molecular weight is 393 g/mol. The topological polar surface area (TPSA) is 33.0 Å². The molecule has 0 fully saturated rings. The molecule has 0 N–H and O–H groups in total. The van der Waals surface area contributed by atoms with Crippen LogP contribution in [0.2, 0.25) is 0 Å². The monoisotopic (exact) mass is 393 g/mol. The summed E-state index contributed by atoms with van der Waals surface area (Å²) in [6, 6.07) is 14.3. The fourth-order valence-corrected chi connectivity index (χ4v) is 3.66. The van der Waals surface area contributed by atoms with Crippen LogP contribution < -0.4 is 0 Å². The number of halogens is 2. The Hall–Kier alpha value is -1.45. The van der Waals surface area contributed by atoms with E-state index in [1.54, 1.807) is 12.1 Å². The smallest absolute Gasteiger partial charge is 0.123 e. The highest BCUT2D eigenvalue weighted by Crippen LogP contribution is 2.45. The molecule has 0 saturated heterocycles. The van der Waals surface area contributed by atoms with Gasteiger partial charge in [-0.1, -0.05) is 40.8 Å². The Morgan fingerprint density at radius 2 is 2.00 bits per heavy atom. The zero-order valence-electron chi connectivity index (χ0n) is 11.3. The molecule has 0 amide bonds. The van der Waals surface area contributed by atoms with Crippen molar-refractivity contribution in [1.29, 1.82) is 5.26 Å². The lowest BCUT2D eigenvalue weighted by Crippen LogP contribution is -2.27. The van der Waals surface area contributed by atoms with Crippen LogP contribution in [0.5, 0.6) is 0 Å². The van der Waals surface area contributed by atoms with Gasteiger partial charge in [0.05, 0.1) is 18.2 Å². The van der Waals surface area contributed by atoms with Crippen molar-refractivity contribution >= 4 is 22.6 Å². The molecule has 106 valence electrons. The zero-order chi connectivity index (χ0) is 14.9. The number of benzene rings is 2.